The largest absolute Gasteiger partial charge is 0.437 e. The number of carbonyl (C=O) groups is 2. The van der Waals surface area contributed by atoms with E-state index in [1.165, 1.54) is 31.2 Å². The van der Waals surface area contributed by atoms with Gasteiger partial charge in [-0.2, -0.15) is 0 Å². The molecule has 5 rings (SSSR count). The lowest BCUT2D eigenvalue weighted by atomic mass is 10.0. The summed E-state index contributed by atoms with van der Waals surface area (Å²) < 4.78 is 45.7. The summed E-state index contributed by atoms with van der Waals surface area (Å²) in [6, 6.07) is 20.5. The quantitative estimate of drug-likeness (QED) is 0.170. The molecule has 4 aromatic rings. The highest BCUT2D eigenvalue weighted by atomic mass is 35.5. The van der Waals surface area contributed by atoms with E-state index in [0.29, 0.717) is 60.5 Å². The minimum absolute atomic E-state index is 0.147. The minimum Gasteiger partial charge on any atom is -0.437 e. The van der Waals surface area contributed by atoms with Crippen molar-refractivity contribution in [3.8, 4) is 11.6 Å². The van der Waals surface area contributed by atoms with Crippen LogP contribution in [0, 0.1) is 5.82 Å². The Balaban J connectivity index is 1.21. The van der Waals surface area contributed by atoms with E-state index in [9.17, 15) is 22.4 Å². The fraction of sp³-hybridized carbons (Fsp3) is 0.242. The van der Waals surface area contributed by atoms with E-state index in [1.54, 1.807) is 59.6 Å². The molecule has 246 valence electrons. The zero-order valence-corrected chi connectivity index (χ0v) is 27.3. The Morgan fingerprint density at radius 2 is 1.72 bits per heavy atom. The number of carbonyl (C=O) groups excluding carboxylic acids is 2. The zero-order valence-electron chi connectivity index (χ0n) is 25.7. The van der Waals surface area contributed by atoms with Crippen molar-refractivity contribution in [2.24, 2.45) is 0 Å². The molecular weight excluding hydrogens is 647 g/mol. The molecule has 2 heterocycles. The van der Waals surface area contributed by atoms with Crippen LogP contribution in [-0.2, 0) is 21.4 Å². The molecule has 11 nitrogen and oxygen atoms in total. The van der Waals surface area contributed by atoms with Crippen LogP contribution in [-0.4, -0.2) is 55.6 Å². The molecule has 0 unspecified atom stereocenters. The number of benzene rings is 3. The summed E-state index contributed by atoms with van der Waals surface area (Å²) in [7, 11) is -3.51. The van der Waals surface area contributed by atoms with Crippen LogP contribution in [0.25, 0.3) is 0 Å². The predicted octanol–water partition coefficient (Wildman–Crippen LogP) is 6.70. The first kappa shape index (κ1) is 33.6. The first-order chi connectivity index (χ1) is 22.4. The van der Waals surface area contributed by atoms with Gasteiger partial charge in [0, 0.05) is 61.3 Å². The predicted molar refractivity (Wildman–Crippen MR) is 181 cm³/mol. The number of rotatable bonds is 10. The SMILES string of the molecule is CC(=O)Nc1cc(NS(C)(=O)=O)ccc1Oc1ccc(CN2CCC(N(C(=O)Nc3ccc(Cl)cc3)c3cccc(F)c3)CC2)cn1. The molecule has 14 heteroatoms. The Hall–Kier alpha value is -4.72. The maximum atomic E-state index is 14.2. The molecule has 1 fully saturated rings. The monoisotopic (exact) mass is 680 g/mol. The first-order valence-corrected chi connectivity index (χ1v) is 17.0. The van der Waals surface area contributed by atoms with Crippen molar-refractivity contribution in [3.05, 3.63) is 101 Å². The zero-order chi connectivity index (χ0) is 33.6. The third-order valence-corrected chi connectivity index (χ3v) is 8.19. The molecule has 0 spiro atoms. The maximum absolute atomic E-state index is 14.2. The number of likely N-dealkylation sites (tertiary alicyclic amines) is 1. The van der Waals surface area contributed by atoms with E-state index < -0.39 is 15.8 Å². The van der Waals surface area contributed by atoms with E-state index in [2.05, 4.69) is 25.2 Å². The van der Waals surface area contributed by atoms with E-state index >= 15 is 0 Å². The first-order valence-electron chi connectivity index (χ1n) is 14.8. The third-order valence-electron chi connectivity index (χ3n) is 7.33. The minimum atomic E-state index is -3.51. The Kier molecular flexibility index (Phi) is 10.6. The highest BCUT2D eigenvalue weighted by molar-refractivity contribution is 7.92. The second kappa shape index (κ2) is 14.8. The summed E-state index contributed by atoms with van der Waals surface area (Å²) >= 11 is 5.99. The van der Waals surface area contributed by atoms with Gasteiger partial charge in [-0.15, -0.1) is 0 Å². The molecular formula is C33H34ClFN6O5S. The van der Waals surface area contributed by atoms with Gasteiger partial charge in [0.05, 0.1) is 17.6 Å². The maximum Gasteiger partial charge on any atom is 0.326 e. The Labute approximate surface area is 277 Å². The summed E-state index contributed by atoms with van der Waals surface area (Å²) in [5, 5.41) is 6.11. The molecule has 1 saturated heterocycles. The molecule has 3 N–H and O–H groups in total. The molecule has 3 aromatic carbocycles. The van der Waals surface area contributed by atoms with E-state index in [4.69, 9.17) is 16.3 Å². The lowest BCUT2D eigenvalue weighted by Crippen LogP contribution is -2.49. The summed E-state index contributed by atoms with van der Waals surface area (Å²) in [6.45, 7) is 3.37. The van der Waals surface area contributed by atoms with E-state index in [0.717, 1.165) is 11.8 Å². The second-order valence-electron chi connectivity index (χ2n) is 11.2. The van der Waals surface area contributed by atoms with Crippen molar-refractivity contribution in [2.45, 2.75) is 32.4 Å². The van der Waals surface area contributed by atoms with Gasteiger partial charge in [0.15, 0.2) is 5.75 Å². The van der Waals surface area contributed by atoms with Crippen molar-refractivity contribution in [1.29, 1.82) is 0 Å². The Morgan fingerprint density at radius 3 is 2.36 bits per heavy atom. The van der Waals surface area contributed by atoms with Crippen molar-refractivity contribution in [3.63, 3.8) is 0 Å². The number of pyridine rings is 1. The van der Waals surface area contributed by atoms with Crippen LogP contribution in [0.2, 0.25) is 5.02 Å². The molecule has 0 atom stereocenters. The van der Waals surface area contributed by atoms with Gasteiger partial charge in [-0.25, -0.2) is 22.6 Å². The number of urea groups is 1. The fourth-order valence-corrected chi connectivity index (χ4v) is 5.97. The molecule has 0 bridgehead atoms. The van der Waals surface area contributed by atoms with E-state index in [-0.39, 0.29) is 29.4 Å². The number of hydrogen-bond acceptors (Lipinski definition) is 7. The molecule has 3 amide bonds. The van der Waals surface area contributed by atoms with Crippen LogP contribution < -0.4 is 25.0 Å². The highest BCUT2D eigenvalue weighted by Crippen LogP contribution is 2.32. The number of sulfonamides is 1. The van der Waals surface area contributed by atoms with Gasteiger partial charge >= 0.3 is 6.03 Å². The van der Waals surface area contributed by atoms with Gasteiger partial charge in [-0.05, 0) is 79.1 Å². The fourth-order valence-electron chi connectivity index (χ4n) is 5.29. The van der Waals surface area contributed by atoms with E-state index in [1.807, 2.05) is 6.07 Å². The molecule has 1 aliphatic heterocycles. The third kappa shape index (κ3) is 9.64. The normalized spacial score (nSPS) is 13.9. The molecule has 0 radical (unpaired) electrons. The van der Waals surface area contributed by atoms with Crippen LogP contribution in [0.15, 0.2) is 85.1 Å². The number of halogens is 2. The van der Waals surface area contributed by atoms with Gasteiger partial charge in [0.2, 0.25) is 21.8 Å². The van der Waals surface area contributed by atoms with Gasteiger partial charge in [-0.3, -0.25) is 19.3 Å². The lowest BCUT2D eigenvalue weighted by Gasteiger charge is -2.38. The van der Waals surface area contributed by atoms with Gasteiger partial charge < -0.3 is 15.4 Å². The summed E-state index contributed by atoms with van der Waals surface area (Å²) in [6.07, 6.45) is 4.09. The highest BCUT2D eigenvalue weighted by Gasteiger charge is 2.30. The number of anilines is 4. The molecule has 0 saturated carbocycles. The van der Waals surface area contributed by atoms with Gasteiger partial charge in [-0.1, -0.05) is 23.7 Å². The smallest absolute Gasteiger partial charge is 0.326 e. The van der Waals surface area contributed by atoms with Crippen LogP contribution in [0.3, 0.4) is 0 Å². The standard InChI is InChI=1S/C33H34ClFN6O5S/c1-22(42)37-30-19-27(39-47(2,44)45)11-12-31(30)46-32-13-6-23(20-36-32)21-40-16-14-28(15-17-40)41(29-5-3-4-25(35)18-29)33(43)38-26-9-7-24(34)8-10-26/h3-13,18-20,28,39H,14-17,21H2,1-2H3,(H,37,42)(H,38,43). The number of ether oxygens (including phenoxy) is 1. The molecule has 47 heavy (non-hydrogen) atoms. The van der Waals surface area contributed by atoms with Crippen LogP contribution in [0.4, 0.5) is 31.9 Å². The number of nitrogens with zero attached hydrogens (tertiary/aromatic N) is 3. The number of hydrogen-bond donors (Lipinski definition) is 3. The Morgan fingerprint density at radius 1 is 1.00 bits per heavy atom. The summed E-state index contributed by atoms with van der Waals surface area (Å²) in [5.41, 5.74) is 2.59. The topological polar surface area (TPSA) is 133 Å². The summed E-state index contributed by atoms with van der Waals surface area (Å²) in [4.78, 5) is 33.5. The number of nitrogens with one attached hydrogen (secondary N) is 3. The Bertz CT molecular complexity index is 1840. The molecule has 0 aliphatic carbocycles. The van der Waals surface area contributed by atoms with Gasteiger partial charge in [0.1, 0.15) is 5.82 Å². The second-order valence-corrected chi connectivity index (χ2v) is 13.4. The summed E-state index contributed by atoms with van der Waals surface area (Å²) in [5.74, 6) is -0.180. The number of aromatic nitrogens is 1. The van der Waals surface area contributed by atoms with Crippen molar-refractivity contribution in [1.82, 2.24) is 9.88 Å². The number of amides is 3. The molecule has 1 aliphatic rings. The van der Waals surface area contributed by atoms with Crippen LogP contribution in [0.5, 0.6) is 11.6 Å². The number of piperidine rings is 1. The van der Waals surface area contributed by atoms with Gasteiger partial charge in [0.25, 0.3) is 0 Å². The van der Waals surface area contributed by atoms with Crippen molar-refractivity contribution in [2.75, 3.05) is 39.6 Å². The lowest BCUT2D eigenvalue weighted by molar-refractivity contribution is -0.114. The van der Waals surface area contributed by atoms with Crippen molar-refractivity contribution >= 4 is 56.3 Å². The average Bonchev–Trinajstić information content (AvgIpc) is 3.00. The average molecular weight is 681 g/mol. The molecule has 1 aromatic heterocycles. The van der Waals surface area contributed by atoms with Crippen molar-refractivity contribution < 1.29 is 27.1 Å². The van der Waals surface area contributed by atoms with Crippen LogP contribution in [0.1, 0.15) is 25.3 Å². The van der Waals surface area contributed by atoms with Crippen LogP contribution >= 0.6 is 11.6 Å².